The van der Waals surface area contributed by atoms with Crippen LogP contribution in [0.5, 0.6) is 0 Å². The molecule has 1 aromatic rings. The first kappa shape index (κ1) is 35.5. The van der Waals surface area contributed by atoms with Crippen LogP contribution >= 0.6 is 0 Å². The van der Waals surface area contributed by atoms with Gasteiger partial charge in [0, 0.05) is 31.2 Å². The molecule has 0 spiro atoms. The van der Waals surface area contributed by atoms with E-state index in [2.05, 4.69) is 15.6 Å². The average Bonchev–Trinajstić information content (AvgIpc) is 3.68. The van der Waals surface area contributed by atoms with Gasteiger partial charge in [-0.1, -0.05) is 25.0 Å². The summed E-state index contributed by atoms with van der Waals surface area (Å²) in [6.07, 6.45) is 6.35. The number of likely N-dealkylation sites (tertiary alicyclic amines) is 2. The maximum absolute atomic E-state index is 14.1. The van der Waals surface area contributed by atoms with E-state index < -0.39 is 47.9 Å². The number of hydrogen-bond donors (Lipinski definition) is 7. The van der Waals surface area contributed by atoms with Gasteiger partial charge in [-0.3, -0.25) is 29.0 Å². The fraction of sp³-hybridized carbons (Fsp3) is 0.625. The molecule has 12 N–H and O–H groups in total. The predicted octanol–water partition coefficient (Wildman–Crippen LogP) is -1.18. The Balaban J connectivity index is 1.40. The summed E-state index contributed by atoms with van der Waals surface area (Å²) in [6, 6.07) is 2.47. The molecule has 2 aliphatic heterocycles. The van der Waals surface area contributed by atoms with Gasteiger partial charge in [0.05, 0.1) is 6.04 Å². The van der Waals surface area contributed by atoms with Crippen LogP contribution in [0.25, 0.3) is 0 Å². The third-order valence-electron chi connectivity index (χ3n) is 9.58. The Morgan fingerprint density at radius 1 is 0.957 bits per heavy atom. The van der Waals surface area contributed by atoms with Crippen LogP contribution in [0, 0.1) is 5.92 Å². The van der Waals surface area contributed by atoms with E-state index in [1.165, 1.54) is 6.92 Å². The van der Waals surface area contributed by atoms with Crippen LogP contribution in [-0.4, -0.2) is 94.6 Å². The molecule has 5 amide bonds. The Morgan fingerprint density at radius 2 is 1.66 bits per heavy atom. The minimum Gasteiger partial charge on any atom is -0.399 e. The number of amides is 5. The van der Waals surface area contributed by atoms with Gasteiger partial charge in [0.1, 0.15) is 24.2 Å². The van der Waals surface area contributed by atoms with E-state index in [9.17, 15) is 24.0 Å². The van der Waals surface area contributed by atoms with Gasteiger partial charge in [0.25, 0.3) is 0 Å². The summed E-state index contributed by atoms with van der Waals surface area (Å²) >= 11 is 0. The van der Waals surface area contributed by atoms with Gasteiger partial charge in [-0.15, -0.1) is 0 Å². The van der Waals surface area contributed by atoms with Crippen molar-refractivity contribution in [2.24, 2.45) is 33.8 Å². The van der Waals surface area contributed by atoms with E-state index in [4.69, 9.17) is 28.7 Å². The second-order valence-electron chi connectivity index (χ2n) is 13.0. The molecule has 1 aromatic carbocycles. The number of nitrogen functional groups attached to an aromatic ring is 1. The normalized spacial score (nSPS) is 24.0. The Hall–Kier alpha value is -4.40. The molecule has 1 saturated carbocycles. The monoisotopic (exact) mass is 654 g/mol. The lowest BCUT2D eigenvalue weighted by atomic mass is 9.84. The maximum Gasteiger partial charge on any atom is 0.246 e. The zero-order valence-corrected chi connectivity index (χ0v) is 27.1. The Morgan fingerprint density at radius 3 is 2.34 bits per heavy atom. The van der Waals surface area contributed by atoms with Gasteiger partial charge >= 0.3 is 0 Å². The average molecular weight is 655 g/mol. The molecule has 0 radical (unpaired) electrons. The van der Waals surface area contributed by atoms with Crippen molar-refractivity contribution >= 4 is 41.2 Å². The third kappa shape index (κ3) is 8.90. The summed E-state index contributed by atoms with van der Waals surface area (Å²) in [7, 11) is 0. The number of hydrogen-bond acceptors (Lipinski definition) is 8. The number of guanidine groups is 1. The van der Waals surface area contributed by atoms with Crippen molar-refractivity contribution < 1.29 is 24.0 Å². The van der Waals surface area contributed by atoms with E-state index in [0.29, 0.717) is 50.9 Å². The number of carbonyl (C=O) groups excluding carboxylic acids is 5. The predicted molar refractivity (Wildman–Crippen MR) is 177 cm³/mol. The van der Waals surface area contributed by atoms with E-state index in [-0.39, 0.29) is 36.2 Å². The maximum atomic E-state index is 14.1. The van der Waals surface area contributed by atoms with E-state index in [1.54, 1.807) is 34.1 Å². The quantitative estimate of drug-likeness (QED) is 0.0583. The molecule has 0 unspecified atom stereocenters. The number of benzene rings is 1. The molecule has 7 atom stereocenters. The number of nitrogens with zero attached hydrogens (tertiary/aromatic N) is 3. The van der Waals surface area contributed by atoms with E-state index in [1.807, 2.05) is 0 Å². The zero-order valence-electron chi connectivity index (χ0n) is 27.1. The Bertz CT molecular complexity index is 1330. The highest BCUT2D eigenvalue weighted by atomic mass is 16.2. The molecule has 47 heavy (non-hydrogen) atoms. The first-order chi connectivity index (χ1) is 22.4. The minimum atomic E-state index is -1.00. The number of fused-ring (bicyclic) bond motifs is 1. The number of nitrogens with one attached hydrogen (secondary N) is 2. The van der Waals surface area contributed by atoms with Crippen LogP contribution in [0.15, 0.2) is 29.3 Å². The van der Waals surface area contributed by atoms with Crippen molar-refractivity contribution in [1.29, 1.82) is 0 Å². The summed E-state index contributed by atoms with van der Waals surface area (Å²) in [5, 5.41) is 5.33. The molecular weight excluding hydrogens is 604 g/mol. The summed E-state index contributed by atoms with van der Waals surface area (Å²) in [5.74, 6) is -2.14. The van der Waals surface area contributed by atoms with Crippen LogP contribution in [0.4, 0.5) is 5.69 Å². The number of carbonyl (C=O) groups is 5. The second-order valence-corrected chi connectivity index (χ2v) is 13.0. The van der Waals surface area contributed by atoms with Gasteiger partial charge < -0.3 is 49.1 Å². The van der Waals surface area contributed by atoms with E-state index >= 15 is 0 Å². The molecule has 4 rings (SSSR count). The molecule has 15 nitrogen and oxygen atoms in total. The SMILES string of the molecule is C[C@@H](NC(=O)[C@@H]1CCCN1C(=O)[C@@H]1C[C@@H]2CCCC[C@@H]2N1C(=O)[C@H](N)CCCN=C(N)N)C(=O)N[C@@H](Cc1ccc(N)cc1)C(N)=O. The van der Waals surface area contributed by atoms with Gasteiger partial charge in [0.2, 0.25) is 29.5 Å². The van der Waals surface area contributed by atoms with Crippen molar-refractivity contribution in [3.63, 3.8) is 0 Å². The summed E-state index contributed by atoms with van der Waals surface area (Å²) in [4.78, 5) is 73.7. The standard InChI is InChI=1S/C32H50N10O5/c1-18(28(44)40-23(27(35)43)16-19-10-12-21(33)13-11-19)39-29(45)25-9-5-15-41(25)31(47)26-17-20-6-2-3-8-24(20)42(26)30(46)22(34)7-4-14-38-32(36)37/h10-13,18,20,22-26H,2-9,14-17,33-34H2,1H3,(H2,35,43)(H,39,45)(H,40,44)(H4,36,37,38)/t18-,20+,22-,23+,24+,25+,26+/m1/s1. The van der Waals surface area contributed by atoms with Crippen LogP contribution in [0.2, 0.25) is 0 Å². The van der Waals surface area contributed by atoms with Gasteiger partial charge in [-0.25, -0.2) is 0 Å². The van der Waals surface area contributed by atoms with Gasteiger partial charge in [0.15, 0.2) is 5.96 Å². The molecule has 3 aliphatic rings. The number of aliphatic imine (C=N–C) groups is 1. The topological polar surface area (TPSA) is 258 Å². The second kappa shape index (κ2) is 15.9. The lowest BCUT2D eigenvalue weighted by molar-refractivity contribution is -0.149. The lowest BCUT2D eigenvalue weighted by Gasteiger charge is -2.37. The highest BCUT2D eigenvalue weighted by Crippen LogP contribution is 2.41. The van der Waals surface area contributed by atoms with Crippen molar-refractivity contribution in [2.45, 2.75) is 107 Å². The van der Waals surface area contributed by atoms with E-state index in [0.717, 1.165) is 31.2 Å². The summed E-state index contributed by atoms with van der Waals surface area (Å²) < 4.78 is 0. The molecular formula is C32H50N10O5. The van der Waals surface area contributed by atoms with Crippen molar-refractivity contribution in [3.8, 4) is 0 Å². The number of primary amides is 1. The highest BCUT2D eigenvalue weighted by molar-refractivity contribution is 5.96. The Labute approximate surface area is 275 Å². The van der Waals surface area contributed by atoms with Crippen molar-refractivity contribution in [1.82, 2.24) is 20.4 Å². The fourth-order valence-electron chi connectivity index (χ4n) is 7.11. The smallest absolute Gasteiger partial charge is 0.246 e. The number of nitrogens with two attached hydrogens (primary N) is 5. The lowest BCUT2D eigenvalue weighted by Crippen LogP contribution is -2.58. The van der Waals surface area contributed by atoms with Crippen LogP contribution in [0.1, 0.15) is 70.3 Å². The number of rotatable bonds is 13. The zero-order chi connectivity index (χ0) is 34.2. The third-order valence-corrected chi connectivity index (χ3v) is 9.58. The minimum absolute atomic E-state index is 0.0244. The van der Waals surface area contributed by atoms with Crippen molar-refractivity contribution in [3.05, 3.63) is 29.8 Å². The molecule has 3 fully saturated rings. The molecule has 2 heterocycles. The number of anilines is 1. The van der Waals surface area contributed by atoms with Crippen molar-refractivity contribution in [2.75, 3.05) is 18.8 Å². The molecule has 0 aromatic heterocycles. The van der Waals surface area contributed by atoms with Crippen LogP contribution in [-0.2, 0) is 30.4 Å². The Kier molecular flexibility index (Phi) is 12.0. The molecule has 15 heteroatoms. The van der Waals surface area contributed by atoms with Gasteiger partial charge in [-0.2, -0.15) is 0 Å². The molecule has 1 aliphatic carbocycles. The van der Waals surface area contributed by atoms with Gasteiger partial charge in [-0.05, 0) is 75.5 Å². The largest absolute Gasteiger partial charge is 0.399 e. The molecule has 0 bridgehead atoms. The molecule has 258 valence electrons. The summed E-state index contributed by atoms with van der Waals surface area (Å²) in [6.45, 7) is 2.22. The fourth-order valence-corrected chi connectivity index (χ4v) is 7.11. The van der Waals surface area contributed by atoms with Crippen LogP contribution in [0.3, 0.4) is 0 Å². The molecule has 2 saturated heterocycles. The summed E-state index contributed by atoms with van der Waals surface area (Å²) in [5.41, 5.74) is 29.7. The first-order valence-electron chi connectivity index (χ1n) is 16.6. The highest BCUT2D eigenvalue weighted by Gasteiger charge is 2.51. The first-order valence-corrected chi connectivity index (χ1v) is 16.6. The van der Waals surface area contributed by atoms with Crippen LogP contribution < -0.4 is 39.3 Å².